The molecule has 6 nitrogen and oxygen atoms in total. The monoisotopic (exact) mass is 620 g/mol. The number of benzene rings is 2. The van der Waals surface area contributed by atoms with Gasteiger partial charge in [-0.1, -0.05) is 96.6 Å². The summed E-state index contributed by atoms with van der Waals surface area (Å²) in [7, 11) is 3.19. The van der Waals surface area contributed by atoms with Crippen molar-refractivity contribution in [1.29, 1.82) is 5.26 Å². The number of halogens is 1. The molecule has 0 amide bonds. The van der Waals surface area contributed by atoms with E-state index in [9.17, 15) is 14.9 Å². The molecule has 2 unspecified atom stereocenters. The molecule has 0 spiro atoms. The highest BCUT2D eigenvalue weighted by atomic mass is 35.5. The number of hydrogen-bond donors (Lipinski definition) is 0. The van der Waals surface area contributed by atoms with E-state index in [2.05, 4.69) is 95.6 Å². The third-order valence-electron chi connectivity index (χ3n) is 8.66. The number of aryl methyl sites for hydroxylation is 2. The molecule has 2 heterocycles. The van der Waals surface area contributed by atoms with Gasteiger partial charge in [0, 0.05) is 43.5 Å². The minimum Gasteiger partial charge on any atom is -0.344 e. The van der Waals surface area contributed by atoms with Crippen LogP contribution in [0.4, 0.5) is 0 Å². The van der Waals surface area contributed by atoms with E-state index in [1.165, 1.54) is 22.7 Å². The summed E-state index contributed by atoms with van der Waals surface area (Å²) in [5, 5.41) is 10.7. The lowest BCUT2D eigenvalue weighted by Gasteiger charge is -2.41. The molecule has 0 fully saturated rings. The second-order valence-electron chi connectivity index (χ2n) is 11.3. The van der Waals surface area contributed by atoms with Crippen molar-refractivity contribution in [2.45, 2.75) is 24.1 Å². The van der Waals surface area contributed by atoms with E-state index in [0.717, 1.165) is 22.3 Å². The Morgan fingerprint density at radius 1 is 1.00 bits per heavy atom. The maximum absolute atomic E-state index is 13.6. The summed E-state index contributed by atoms with van der Waals surface area (Å²) < 4.78 is 4.38. The smallest absolute Gasteiger partial charge is 0.330 e. The molecule has 0 saturated carbocycles. The zero-order chi connectivity index (χ0) is 30.8. The van der Waals surface area contributed by atoms with Crippen molar-refractivity contribution in [2.24, 2.45) is 25.9 Å². The highest BCUT2D eigenvalue weighted by molar-refractivity contribution is 8.00. The first-order chi connectivity index (χ1) is 21.3. The van der Waals surface area contributed by atoms with Crippen LogP contribution in [0.2, 0.25) is 0 Å². The van der Waals surface area contributed by atoms with Gasteiger partial charge in [0.1, 0.15) is 0 Å². The first kappa shape index (κ1) is 29.8. The van der Waals surface area contributed by atoms with E-state index in [-0.39, 0.29) is 21.9 Å². The van der Waals surface area contributed by atoms with E-state index >= 15 is 0 Å². The summed E-state index contributed by atoms with van der Waals surface area (Å²) in [6.45, 7) is 0.579. The summed E-state index contributed by atoms with van der Waals surface area (Å²) in [6.07, 6.45) is 15.6. The van der Waals surface area contributed by atoms with Gasteiger partial charge in [-0.2, -0.15) is 5.26 Å². The first-order valence-corrected chi connectivity index (χ1v) is 16.1. The minimum atomic E-state index is -0.401. The van der Waals surface area contributed by atoms with Gasteiger partial charge in [0.05, 0.1) is 33.3 Å². The predicted molar refractivity (Wildman–Crippen MR) is 181 cm³/mol. The topological polar surface area (TPSA) is 72.7 Å². The molecule has 0 saturated heterocycles. The fourth-order valence-electron chi connectivity index (χ4n) is 6.55. The van der Waals surface area contributed by atoms with Crippen LogP contribution >= 0.6 is 23.4 Å². The minimum absolute atomic E-state index is 0.222. The molecule has 2 atom stereocenters. The molecule has 6 rings (SSSR count). The number of rotatable bonds is 8. The van der Waals surface area contributed by atoms with Crippen LogP contribution in [0, 0.1) is 23.2 Å². The van der Waals surface area contributed by atoms with E-state index in [1.807, 2.05) is 24.0 Å². The third kappa shape index (κ3) is 5.23. The Morgan fingerprint density at radius 2 is 1.68 bits per heavy atom. The van der Waals surface area contributed by atoms with Crippen molar-refractivity contribution in [3.63, 3.8) is 0 Å². The number of fused-ring (bicyclic) bond motifs is 1. The Balaban J connectivity index is 1.47. The third-order valence-corrected chi connectivity index (χ3v) is 10.5. The largest absolute Gasteiger partial charge is 0.344 e. The highest BCUT2D eigenvalue weighted by Crippen LogP contribution is 2.51. The average Bonchev–Trinajstić information content (AvgIpc) is 3.45. The molecule has 2 aromatic heterocycles. The summed E-state index contributed by atoms with van der Waals surface area (Å²) in [4.78, 5) is 26.5. The number of aromatic nitrogens is 3. The van der Waals surface area contributed by atoms with E-state index in [4.69, 9.17) is 11.6 Å². The maximum atomic E-state index is 13.6. The summed E-state index contributed by atoms with van der Waals surface area (Å²) in [5.41, 5.74) is 3.84. The average molecular weight is 621 g/mol. The molecule has 0 N–H and O–H groups in total. The van der Waals surface area contributed by atoms with Crippen molar-refractivity contribution >= 4 is 39.8 Å². The van der Waals surface area contributed by atoms with E-state index < -0.39 is 5.92 Å². The van der Waals surface area contributed by atoms with Crippen LogP contribution in [0.1, 0.15) is 29.7 Å². The lowest BCUT2D eigenvalue weighted by atomic mass is 9.77. The van der Waals surface area contributed by atoms with Crippen LogP contribution in [-0.2, 0) is 25.4 Å². The fourth-order valence-corrected chi connectivity index (χ4v) is 8.44. The Hall–Kier alpha value is -4.25. The van der Waals surface area contributed by atoms with Gasteiger partial charge >= 0.3 is 5.69 Å². The lowest BCUT2D eigenvalue weighted by molar-refractivity contribution is 0.525. The summed E-state index contributed by atoms with van der Waals surface area (Å²) in [5.74, 6) is 0.542. The first-order valence-electron chi connectivity index (χ1n) is 14.7. The molecular weight excluding hydrogens is 588 g/mol. The van der Waals surface area contributed by atoms with Crippen molar-refractivity contribution in [3.8, 4) is 6.07 Å². The Kier molecular flexibility index (Phi) is 8.40. The standard InChI is InChI=1S/C36H33ClN4O2S/c1-39-31-24-41(33(32(31)34(42)40(2)35(39)43)26-20-25(23-38)21-30(37)22-26)18-19-44-36(27-12-6-3-7-13-27,28-14-8-4-9-15-28)29-16-10-5-11-17-29/h3-16,21-22,24-25,29H,17-20H2,1-2H3. The Labute approximate surface area is 265 Å². The maximum Gasteiger partial charge on any atom is 0.330 e. The molecule has 222 valence electrons. The lowest BCUT2D eigenvalue weighted by Crippen LogP contribution is -2.36. The number of nitrogens with zero attached hydrogens (tertiary/aromatic N) is 4. The predicted octanol–water partition coefficient (Wildman–Crippen LogP) is 6.90. The van der Waals surface area contributed by atoms with Gasteiger partial charge in [-0.05, 0) is 41.7 Å². The molecule has 2 aliphatic rings. The molecule has 2 aliphatic carbocycles. The Morgan fingerprint density at radius 3 is 2.30 bits per heavy atom. The number of hydrogen-bond acceptors (Lipinski definition) is 4. The summed E-state index contributed by atoms with van der Waals surface area (Å²) in [6, 6.07) is 23.7. The van der Waals surface area contributed by atoms with Crippen LogP contribution in [0.25, 0.3) is 16.5 Å². The van der Waals surface area contributed by atoms with Gasteiger partial charge in [-0.25, -0.2) is 4.79 Å². The van der Waals surface area contributed by atoms with Crippen molar-refractivity contribution in [3.05, 3.63) is 146 Å². The second kappa shape index (κ2) is 12.4. The fraction of sp³-hybridized carbons (Fsp3) is 0.250. The van der Waals surface area contributed by atoms with Gasteiger partial charge in [-0.15, -0.1) is 11.8 Å². The number of nitriles is 1. The SMILES string of the molecule is Cn1c(=O)c2c(C3=CC(Cl)=CC(C#N)C3)n(CCSC(c3ccccc3)(c3ccccc3)C3C=CC=CC3)cc2n(C)c1=O. The quantitative estimate of drug-likeness (QED) is 0.215. The van der Waals surface area contributed by atoms with E-state index in [1.54, 1.807) is 13.1 Å². The molecule has 0 aliphatic heterocycles. The highest BCUT2D eigenvalue weighted by Gasteiger charge is 2.41. The molecule has 0 radical (unpaired) electrons. The zero-order valence-electron chi connectivity index (χ0n) is 24.7. The second-order valence-corrected chi connectivity index (χ2v) is 13.0. The van der Waals surface area contributed by atoms with Crippen molar-refractivity contribution < 1.29 is 0 Å². The molecule has 8 heteroatoms. The summed E-state index contributed by atoms with van der Waals surface area (Å²) >= 11 is 8.38. The van der Waals surface area contributed by atoms with Gasteiger partial charge in [0.25, 0.3) is 5.56 Å². The van der Waals surface area contributed by atoms with Crippen molar-refractivity contribution in [1.82, 2.24) is 13.7 Å². The van der Waals surface area contributed by atoms with Gasteiger partial charge in [0.2, 0.25) is 0 Å². The number of allylic oxidation sites excluding steroid dienone is 8. The molecule has 44 heavy (non-hydrogen) atoms. The van der Waals surface area contributed by atoms with Crippen LogP contribution in [0.5, 0.6) is 0 Å². The van der Waals surface area contributed by atoms with Crippen LogP contribution < -0.4 is 11.2 Å². The molecule has 0 bridgehead atoms. The van der Waals surface area contributed by atoms with Gasteiger partial charge in [0.15, 0.2) is 0 Å². The number of thioether (sulfide) groups is 1. The molecule has 4 aromatic rings. The van der Waals surface area contributed by atoms with Crippen LogP contribution in [-0.4, -0.2) is 19.5 Å². The zero-order valence-corrected chi connectivity index (χ0v) is 26.3. The van der Waals surface area contributed by atoms with Gasteiger partial charge < -0.3 is 4.57 Å². The van der Waals surface area contributed by atoms with Crippen molar-refractivity contribution in [2.75, 3.05) is 5.75 Å². The molecule has 2 aromatic carbocycles. The van der Waals surface area contributed by atoms with Gasteiger partial charge in [-0.3, -0.25) is 13.9 Å². The Bertz CT molecular complexity index is 1950. The van der Waals surface area contributed by atoms with Crippen LogP contribution in [0.3, 0.4) is 0 Å². The van der Waals surface area contributed by atoms with E-state index in [0.29, 0.717) is 34.6 Å². The van der Waals surface area contributed by atoms with Crippen LogP contribution in [0.15, 0.2) is 118 Å². The normalized spacial score (nSPS) is 18.2. The molecular formula is C36H33ClN4O2S.